The minimum Gasteiger partial charge on any atom is -0.475 e. The second kappa shape index (κ2) is 6.98. The van der Waals surface area contributed by atoms with Crippen molar-refractivity contribution < 1.29 is 19.1 Å². The van der Waals surface area contributed by atoms with Crippen molar-refractivity contribution in [2.75, 3.05) is 6.54 Å². The first kappa shape index (κ1) is 16.1. The Morgan fingerprint density at radius 1 is 1.30 bits per heavy atom. The fourth-order valence-corrected chi connectivity index (χ4v) is 1.77. The van der Waals surface area contributed by atoms with Gasteiger partial charge in [-0.2, -0.15) is 0 Å². The molecule has 6 heteroatoms. The van der Waals surface area contributed by atoms with Gasteiger partial charge in [-0.3, -0.25) is 0 Å². The third-order valence-electron chi connectivity index (χ3n) is 2.73. The highest BCUT2D eigenvalue weighted by Crippen LogP contribution is 2.09. The number of carbonyl (C=O) groups is 2. The number of carbonyl (C=O) groups excluding carboxylic acids is 1. The van der Waals surface area contributed by atoms with Crippen molar-refractivity contribution in [1.29, 1.82) is 0 Å². The third kappa shape index (κ3) is 4.60. The first-order chi connectivity index (χ1) is 9.31. The lowest BCUT2D eigenvalue weighted by Gasteiger charge is -2.28. The Morgan fingerprint density at radius 3 is 2.40 bits per heavy atom. The van der Waals surface area contributed by atoms with Gasteiger partial charge in [0.05, 0.1) is 6.54 Å². The predicted molar refractivity (Wildman–Crippen MR) is 74.6 cm³/mol. The molecule has 1 rings (SSSR count). The maximum atomic E-state index is 12.1. The SMILES string of the molecule is CC(C)CN(C(=O)NCc1ccc(C(=O)O)o1)C(C)C. The maximum Gasteiger partial charge on any atom is 0.371 e. The number of hydrogen-bond acceptors (Lipinski definition) is 3. The number of carboxylic acid groups (broad SMARTS) is 1. The molecule has 0 atom stereocenters. The third-order valence-corrected chi connectivity index (χ3v) is 2.73. The van der Waals surface area contributed by atoms with Gasteiger partial charge in [-0.05, 0) is 31.9 Å². The van der Waals surface area contributed by atoms with E-state index in [2.05, 4.69) is 5.32 Å². The van der Waals surface area contributed by atoms with Crippen LogP contribution in [0.5, 0.6) is 0 Å². The average molecular weight is 282 g/mol. The number of hydrogen-bond donors (Lipinski definition) is 2. The van der Waals surface area contributed by atoms with Crippen molar-refractivity contribution >= 4 is 12.0 Å². The van der Waals surface area contributed by atoms with Crippen molar-refractivity contribution in [3.8, 4) is 0 Å². The smallest absolute Gasteiger partial charge is 0.371 e. The number of furan rings is 1. The summed E-state index contributed by atoms with van der Waals surface area (Å²) in [5.74, 6) is -0.447. The zero-order chi connectivity index (χ0) is 15.3. The quantitative estimate of drug-likeness (QED) is 0.840. The first-order valence-corrected chi connectivity index (χ1v) is 6.67. The summed E-state index contributed by atoms with van der Waals surface area (Å²) in [6.45, 7) is 8.85. The second-order valence-electron chi connectivity index (χ2n) is 5.37. The van der Waals surface area contributed by atoms with E-state index in [9.17, 15) is 9.59 Å². The largest absolute Gasteiger partial charge is 0.475 e. The number of nitrogens with one attached hydrogen (secondary N) is 1. The van der Waals surface area contributed by atoms with E-state index in [1.165, 1.54) is 6.07 Å². The summed E-state index contributed by atoms with van der Waals surface area (Å²) in [5, 5.41) is 11.5. The Bertz CT molecular complexity index is 465. The molecule has 112 valence electrons. The van der Waals surface area contributed by atoms with Crippen molar-refractivity contribution in [3.05, 3.63) is 23.7 Å². The molecule has 0 aliphatic heterocycles. The molecule has 1 aromatic rings. The Labute approximate surface area is 118 Å². The molecule has 0 bridgehead atoms. The average Bonchev–Trinajstić information content (AvgIpc) is 2.81. The molecule has 6 nitrogen and oxygen atoms in total. The molecule has 1 heterocycles. The van der Waals surface area contributed by atoms with E-state index < -0.39 is 5.97 Å². The summed E-state index contributed by atoms with van der Waals surface area (Å²) < 4.78 is 5.08. The summed E-state index contributed by atoms with van der Waals surface area (Å²) >= 11 is 0. The molecule has 0 aliphatic rings. The molecule has 0 fully saturated rings. The van der Waals surface area contributed by atoms with E-state index in [0.29, 0.717) is 18.2 Å². The van der Waals surface area contributed by atoms with Gasteiger partial charge in [0.25, 0.3) is 0 Å². The Hall–Kier alpha value is -1.98. The standard InChI is InChI=1S/C14H22N2O4/c1-9(2)8-16(10(3)4)14(19)15-7-11-5-6-12(20-11)13(17)18/h5-6,9-10H,7-8H2,1-4H3,(H,15,19)(H,17,18). The zero-order valence-electron chi connectivity index (χ0n) is 12.3. The zero-order valence-corrected chi connectivity index (χ0v) is 12.3. The van der Waals surface area contributed by atoms with E-state index in [1.54, 1.807) is 11.0 Å². The van der Waals surface area contributed by atoms with Crippen molar-refractivity contribution in [2.24, 2.45) is 5.92 Å². The van der Waals surface area contributed by atoms with Gasteiger partial charge in [-0.1, -0.05) is 13.8 Å². The van der Waals surface area contributed by atoms with Crippen molar-refractivity contribution in [3.63, 3.8) is 0 Å². The second-order valence-corrected chi connectivity index (χ2v) is 5.37. The van der Waals surface area contributed by atoms with E-state index in [0.717, 1.165) is 0 Å². The minimum atomic E-state index is -1.12. The first-order valence-electron chi connectivity index (χ1n) is 6.67. The highest BCUT2D eigenvalue weighted by Gasteiger charge is 2.18. The van der Waals surface area contributed by atoms with Crippen molar-refractivity contribution in [1.82, 2.24) is 10.2 Å². The molecule has 2 amide bonds. The highest BCUT2D eigenvalue weighted by molar-refractivity contribution is 5.84. The highest BCUT2D eigenvalue weighted by atomic mass is 16.4. The predicted octanol–water partition coefficient (Wildman–Crippen LogP) is 2.55. The van der Waals surface area contributed by atoms with Gasteiger partial charge in [0.1, 0.15) is 5.76 Å². The van der Waals surface area contributed by atoms with Crippen LogP contribution in [0.4, 0.5) is 4.79 Å². The van der Waals surface area contributed by atoms with Crippen LogP contribution in [-0.2, 0) is 6.54 Å². The molecular weight excluding hydrogens is 260 g/mol. The summed E-state index contributed by atoms with van der Waals surface area (Å²) in [6, 6.07) is 2.84. The summed E-state index contributed by atoms with van der Waals surface area (Å²) in [5.41, 5.74) is 0. The lowest BCUT2D eigenvalue weighted by molar-refractivity contribution is 0.0660. The molecule has 0 aliphatic carbocycles. The fourth-order valence-electron chi connectivity index (χ4n) is 1.77. The minimum absolute atomic E-state index is 0.101. The van der Waals surface area contributed by atoms with Crippen LogP contribution in [0.2, 0.25) is 0 Å². The van der Waals surface area contributed by atoms with Crippen LogP contribution in [-0.4, -0.2) is 34.6 Å². The lowest BCUT2D eigenvalue weighted by Crippen LogP contribution is -2.45. The van der Waals surface area contributed by atoms with Gasteiger partial charge >= 0.3 is 12.0 Å². The van der Waals surface area contributed by atoms with E-state index >= 15 is 0 Å². The molecule has 1 aromatic heterocycles. The molecule has 0 aromatic carbocycles. The molecule has 2 N–H and O–H groups in total. The van der Waals surface area contributed by atoms with Gasteiger partial charge in [0, 0.05) is 12.6 Å². The Kier molecular flexibility index (Phi) is 5.61. The van der Waals surface area contributed by atoms with Gasteiger partial charge in [-0.25, -0.2) is 9.59 Å². The van der Waals surface area contributed by atoms with Crippen LogP contribution in [0.3, 0.4) is 0 Å². The van der Waals surface area contributed by atoms with E-state index in [-0.39, 0.29) is 24.4 Å². The van der Waals surface area contributed by atoms with Crippen LogP contribution < -0.4 is 5.32 Å². The van der Waals surface area contributed by atoms with Crippen LogP contribution >= 0.6 is 0 Å². The molecule has 0 unspecified atom stereocenters. The van der Waals surface area contributed by atoms with Gasteiger partial charge < -0.3 is 19.7 Å². The molecular formula is C14H22N2O4. The Morgan fingerprint density at radius 2 is 1.95 bits per heavy atom. The molecule has 20 heavy (non-hydrogen) atoms. The summed E-state index contributed by atoms with van der Waals surface area (Å²) in [7, 11) is 0. The summed E-state index contributed by atoms with van der Waals surface area (Å²) in [6.07, 6.45) is 0. The number of rotatable bonds is 6. The van der Waals surface area contributed by atoms with Crippen LogP contribution in [0.1, 0.15) is 44.0 Å². The van der Waals surface area contributed by atoms with Crippen LogP contribution in [0.15, 0.2) is 16.5 Å². The number of nitrogens with zero attached hydrogens (tertiary/aromatic N) is 1. The lowest BCUT2D eigenvalue weighted by atomic mass is 10.2. The number of amides is 2. The molecule has 0 spiro atoms. The van der Waals surface area contributed by atoms with Gasteiger partial charge in [0.15, 0.2) is 0 Å². The normalized spacial score (nSPS) is 10.9. The van der Waals surface area contributed by atoms with Crippen LogP contribution in [0.25, 0.3) is 0 Å². The maximum absolute atomic E-state index is 12.1. The topological polar surface area (TPSA) is 82.8 Å². The molecule has 0 radical (unpaired) electrons. The monoisotopic (exact) mass is 282 g/mol. The number of aromatic carboxylic acids is 1. The van der Waals surface area contributed by atoms with Crippen molar-refractivity contribution in [2.45, 2.75) is 40.3 Å². The molecule has 0 saturated carbocycles. The van der Waals surface area contributed by atoms with Gasteiger partial charge in [-0.15, -0.1) is 0 Å². The number of carboxylic acids is 1. The van der Waals surface area contributed by atoms with Gasteiger partial charge in [0.2, 0.25) is 5.76 Å². The summed E-state index contributed by atoms with van der Waals surface area (Å²) in [4.78, 5) is 24.5. The van der Waals surface area contributed by atoms with E-state index in [4.69, 9.17) is 9.52 Å². The van der Waals surface area contributed by atoms with E-state index in [1.807, 2.05) is 27.7 Å². The van der Waals surface area contributed by atoms with Crippen LogP contribution in [0, 0.1) is 5.92 Å². The fraction of sp³-hybridized carbons (Fsp3) is 0.571. The molecule has 0 saturated heterocycles. The Balaban J connectivity index is 2.57. The number of urea groups is 1.